The number of nitrogen functional groups attached to an aromatic ring is 1. The van der Waals surface area contributed by atoms with E-state index in [4.69, 9.17) is 10.2 Å². The molecule has 6 nitrogen and oxygen atoms in total. The number of carbonyl (C=O) groups excluding carboxylic acids is 1. The molecule has 0 aliphatic carbocycles. The van der Waals surface area contributed by atoms with Gasteiger partial charge in [0.1, 0.15) is 10.2 Å². The van der Waals surface area contributed by atoms with Crippen LogP contribution in [0.4, 0.5) is 11.5 Å². The molecule has 0 spiro atoms. The number of hydrogen-bond donors (Lipinski definition) is 2. The highest BCUT2D eigenvalue weighted by molar-refractivity contribution is 9.10. The monoisotopic (exact) mass is 332 g/mol. The van der Waals surface area contributed by atoms with Crippen LogP contribution in [-0.4, -0.2) is 15.9 Å². The Kier molecular flexibility index (Phi) is 3.11. The second kappa shape index (κ2) is 4.93. The van der Waals surface area contributed by atoms with Gasteiger partial charge < -0.3 is 15.5 Å². The van der Waals surface area contributed by atoms with Gasteiger partial charge in [0.2, 0.25) is 0 Å². The summed E-state index contributed by atoms with van der Waals surface area (Å²) in [5.74, 6) is 0.143. The minimum atomic E-state index is -0.392. The number of carbonyl (C=O) groups is 1. The Morgan fingerprint density at radius 3 is 2.85 bits per heavy atom. The fourth-order valence-electron chi connectivity index (χ4n) is 1.73. The third-order valence-electron chi connectivity index (χ3n) is 2.63. The van der Waals surface area contributed by atoms with Gasteiger partial charge in [0.05, 0.1) is 12.4 Å². The van der Waals surface area contributed by atoms with E-state index in [-0.39, 0.29) is 5.76 Å². The van der Waals surface area contributed by atoms with E-state index >= 15 is 0 Å². The minimum Gasteiger partial charge on any atom is -0.451 e. The van der Waals surface area contributed by atoms with E-state index in [1.165, 1.54) is 12.4 Å². The summed E-state index contributed by atoms with van der Waals surface area (Å²) in [7, 11) is 0. The van der Waals surface area contributed by atoms with Crippen molar-refractivity contribution in [1.29, 1.82) is 0 Å². The first kappa shape index (κ1) is 12.6. The number of nitrogens with one attached hydrogen (secondary N) is 1. The number of hydrogen-bond acceptors (Lipinski definition) is 5. The van der Waals surface area contributed by atoms with E-state index in [9.17, 15) is 4.79 Å². The van der Waals surface area contributed by atoms with Gasteiger partial charge in [-0.2, -0.15) is 0 Å². The van der Waals surface area contributed by atoms with E-state index in [1.54, 1.807) is 24.3 Å². The Bertz CT molecular complexity index is 783. The first-order valence-corrected chi connectivity index (χ1v) is 6.49. The van der Waals surface area contributed by atoms with Gasteiger partial charge in [-0.15, -0.1) is 0 Å². The van der Waals surface area contributed by atoms with Crippen molar-refractivity contribution in [3.63, 3.8) is 0 Å². The van der Waals surface area contributed by atoms with Crippen molar-refractivity contribution >= 4 is 44.3 Å². The summed E-state index contributed by atoms with van der Waals surface area (Å²) in [5.41, 5.74) is 6.90. The molecule has 0 bridgehead atoms. The number of amides is 1. The molecule has 0 saturated heterocycles. The number of aromatic nitrogens is 2. The van der Waals surface area contributed by atoms with Crippen LogP contribution in [0.1, 0.15) is 10.6 Å². The van der Waals surface area contributed by atoms with E-state index in [2.05, 4.69) is 31.2 Å². The molecule has 0 fully saturated rings. The number of furan rings is 1. The molecular weight excluding hydrogens is 324 g/mol. The summed E-state index contributed by atoms with van der Waals surface area (Å²) in [6, 6.07) is 6.82. The van der Waals surface area contributed by atoms with Gasteiger partial charge in [-0.1, -0.05) is 0 Å². The van der Waals surface area contributed by atoms with E-state index in [0.717, 1.165) is 5.39 Å². The maximum atomic E-state index is 12.0. The Balaban J connectivity index is 1.86. The predicted molar refractivity (Wildman–Crippen MR) is 78.3 cm³/mol. The van der Waals surface area contributed by atoms with E-state index < -0.39 is 5.91 Å². The summed E-state index contributed by atoms with van der Waals surface area (Å²) in [5, 5.41) is 3.38. The van der Waals surface area contributed by atoms with Gasteiger partial charge >= 0.3 is 0 Å². The first-order chi connectivity index (χ1) is 9.61. The van der Waals surface area contributed by atoms with E-state index in [1.807, 2.05) is 0 Å². The lowest BCUT2D eigenvalue weighted by atomic mass is 10.2. The molecule has 0 aliphatic rings. The summed E-state index contributed by atoms with van der Waals surface area (Å²) in [6.07, 6.45) is 2.94. The highest BCUT2D eigenvalue weighted by Crippen LogP contribution is 2.22. The van der Waals surface area contributed by atoms with Crippen LogP contribution < -0.4 is 11.1 Å². The second-order valence-electron chi connectivity index (χ2n) is 4.09. The lowest BCUT2D eigenvalue weighted by molar-refractivity contribution is 0.0998. The van der Waals surface area contributed by atoms with Gasteiger partial charge in [-0.25, -0.2) is 9.97 Å². The Hall–Kier alpha value is -2.41. The molecule has 20 heavy (non-hydrogen) atoms. The smallest absolute Gasteiger partial charge is 0.292 e. The maximum Gasteiger partial charge on any atom is 0.292 e. The van der Waals surface area contributed by atoms with Crippen molar-refractivity contribution in [2.24, 2.45) is 0 Å². The Morgan fingerprint density at radius 1 is 1.25 bits per heavy atom. The van der Waals surface area contributed by atoms with Crippen molar-refractivity contribution < 1.29 is 9.21 Å². The van der Waals surface area contributed by atoms with Crippen molar-refractivity contribution in [2.75, 3.05) is 11.1 Å². The van der Waals surface area contributed by atoms with Crippen molar-refractivity contribution in [2.45, 2.75) is 0 Å². The van der Waals surface area contributed by atoms with Crippen LogP contribution in [-0.2, 0) is 0 Å². The zero-order valence-electron chi connectivity index (χ0n) is 10.1. The summed E-state index contributed by atoms with van der Waals surface area (Å²) < 4.78 is 6.05. The number of benzene rings is 1. The normalized spacial score (nSPS) is 10.7. The molecule has 0 unspecified atom stereocenters. The maximum absolute atomic E-state index is 12.0. The van der Waals surface area contributed by atoms with Gasteiger partial charge in [0, 0.05) is 11.1 Å². The van der Waals surface area contributed by atoms with Crippen molar-refractivity contribution in [1.82, 2.24) is 9.97 Å². The zero-order chi connectivity index (χ0) is 14.1. The molecule has 3 rings (SSSR count). The Morgan fingerprint density at radius 2 is 2.10 bits per heavy atom. The summed E-state index contributed by atoms with van der Waals surface area (Å²) >= 11 is 3.17. The summed E-state index contributed by atoms with van der Waals surface area (Å²) in [6.45, 7) is 0. The topological polar surface area (TPSA) is 94.0 Å². The molecule has 3 N–H and O–H groups in total. The average Bonchev–Trinajstić information content (AvgIpc) is 2.84. The largest absolute Gasteiger partial charge is 0.451 e. The molecule has 0 radical (unpaired) electrons. The number of fused-ring (bicyclic) bond motifs is 1. The molecule has 1 aromatic carbocycles. The molecule has 2 aromatic heterocycles. The lowest BCUT2D eigenvalue weighted by Gasteiger charge is -2.00. The SMILES string of the molecule is Nc1ccc2oc(C(=O)Nc3cnc(Br)cn3)cc2c1. The number of anilines is 2. The third kappa shape index (κ3) is 2.48. The molecule has 3 aromatic rings. The average molecular weight is 333 g/mol. The summed E-state index contributed by atoms with van der Waals surface area (Å²) in [4.78, 5) is 20.0. The van der Waals surface area contributed by atoms with Crippen LogP contribution >= 0.6 is 15.9 Å². The van der Waals surface area contributed by atoms with Crippen molar-refractivity contribution in [3.8, 4) is 0 Å². The molecule has 7 heteroatoms. The second-order valence-corrected chi connectivity index (χ2v) is 4.90. The van der Waals surface area contributed by atoms with Gasteiger partial charge in [0.25, 0.3) is 5.91 Å². The van der Waals surface area contributed by atoms with Gasteiger partial charge in [-0.05, 0) is 40.2 Å². The van der Waals surface area contributed by atoms with Crippen LogP contribution in [0.15, 0.2) is 45.7 Å². The fraction of sp³-hybridized carbons (Fsp3) is 0. The zero-order valence-corrected chi connectivity index (χ0v) is 11.7. The minimum absolute atomic E-state index is 0.190. The fourth-order valence-corrected chi connectivity index (χ4v) is 1.93. The molecule has 0 saturated carbocycles. The predicted octanol–water partition coefficient (Wildman–Crippen LogP) is 2.82. The van der Waals surface area contributed by atoms with Gasteiger partial charge in [-0.3, -0.25) is 4.79 Å². The van der Waals surface area contributed by atoms with Gasteiger partial charge in [0.15, 0.2) is 11.6 Å². The van der Waals surface area contributed by atoms with Crippen LogP contribution in [0.2, 0.25) is 0 Å². The number of nitrogens with two attached hydrogens (primary N) is 1. The van der Waals surface area contributed by atoms with Crippen LogP contribution in [0, 0.1) is 0 Å². The molecule has 100 valence electrons. The standard InChI is InChI=1S/C13H9BrN4O2/c14-11-5-17-12(6-16-11)18-13(19)10-4-7-3-8(15)1-2-9(7)20-10/h1-6H,15H2,(H,17,18,19). The molecule has 0 atom stereocenters. The number of nitrogens with zero attached hydrogens (tertiary/aromatic N) is 2. The third-order valence-corrected chi connectivity index (χ3v) is 3.04. The van der Waals surface area contributed by atoms with Crippen LogP contribution in [0.25, 0.3) is 11.0 Å². The molecule has 1 amide bonds. The molecular formula is C13H9BrN4O2. The van der Waals surface area contributed by atoms with E-state index in [0.29, 0.717) is 21.7 Å². The Labute approximate surface area is 122 Å². The van der Waals surface area contributed by atoms with Crippen LogP contribution in [0.5, 0.6) is 0 Å². The molecule has 2 heterocycles. The lowest BCUT2D eigenvalue weighted by Crippen LogP contribution is -2.12. The van der Waals surface area contributed by atoms with Crippen LogP contribution in [0.3, 0.4) is 0 Å². The highest BCUT2D eigenvalue weighted by atomic mass is 79.9. The quantitative estimate of drug-likeness (QED) is 0.703. The first-order valence-electron chi connectivity index (χ1n) is 5.70. The molecule has 0 aliphatic heterocycles. The number of halogens is 1. The van der Waals surface area contributed by atoms with Crippen molar-refractivity contribution in [3.05, 3.63) is 47.0 Å². The number of rotatable bonds is 2. The highest BCUT2D eigenvalue weighted by Gasteiger charge is 2.13.